The SMILES string of the molecule is C=C(C)OCc1ccccc1.Cc1ccccc1-c1ccc(C(F)(F)F)cc1. The number of alkyl halides is 3. The molecule has 0 radical (unpaired) electrons. The Morgan fingerprint density at radius 3 is 1.96 bits per heavy atom. The minimum absolute atomic E-state index is 0.616. The van der Waals surface area contributed by atoms with Crippen molar-refractivity contribution in [3.63, 3.8) is 0 Å². The molecule has 28 heavy (non-hydrogen) atoms. The molecule has 4 heteroatoms. The molecule has 0 saturated heterocycles. The van der Waals surface area contributed by atoms with Gasteiger partial charge in [0.1, 0.15) is 6.61 Å². The number of hydrogen-bond donors (Lipinski definition) is 0. The Bertz CT molecular complexity index is 882. The number of hydrogen-bond acceptors (Lipinski definition) is 1. The molecule has 0 aliphatic heterocycles. The Morgan fingerprint density at radius 1 is 0.857 bits per heavy atom. The molecule has 1 nitrogen and oxygen atoms in total. The van der Waals surface area contributed by atoms with Crippen molar-refractivity contribution in [2.45, 2.75) is 26.6 Å². The van der Waals surface area contributed by atoms with E-state index in [0.717, 1.165) is 34.6 Å². The molecule has 0 fully saturated rings. The van der Waals surface area contributed by atoms with E-state index >= 15 is 0 Å². The molecule has 0 unspecified atom stereocenters. The van der Waals surface area contributed by atoms with E-state index in [1.54, 1.807) is 0 Å². The molecule has 146 valence electrons. The van der Waals surface area contributed by atoms with Gasteiger partial charge in [0.15, 0.2) is 0 Å². The molecule has 3 aromatic rings. The molecule has 0 aliphatic carbocycles. The van der Waals surface area contributed by atoms with Gasteiger partial charge in [-0.05, 0) is 48.2 Å². The van der Waals surface area contributed by atoms with E-state index in [4.69, 9.17) is 4.74 Å². The number of benzene rings is 3. The lowest BCUT2D eigenvalue weighted by Crippen LogP contribution is -2.04. The molecular weight excluding hydrogens is 361 g/mol. The molecule has 3 rings (SSSR count). The van der Waals surface area contributed by atoms with Gasteiger partial charge >= 0.3 is 6.18 Å². The second-order valence-electron chi connectivity index (χ2n) is 6.37. The van der Waals surface area contributed by atoms with Crippen LogP contribution in [0.1, 0.15) is 23.6 Å². The van der Waals surface area contributed by atoms with Crippen molar-refractivity contribution in [3.8, 4) is 11.1 Å². The second kappa shape index (κ2) is 9.79. The third-order valence-electron chi connectivity index (χ3n) is 4.00. The summed E-state index contributed by atoms with van der Waals surface area (Å²) in [7, 11) is 0. The maximum absolute atomic E-state index is 12.4. The first-order valence-corrected chi connectivity index (χ1v) is 8.83. The molecule has 0 amide bonds. The van der Waals surface area contributed by atoms with E-state index in [2.05, 4.69) is 6.58 Å². The van der Waals surface area contributed by atoms with E-state index in [-0.39, 0.29) is 0 Å². The van der Waals surface area contributed by atoms with Crippen molar-refractivity contribution in [1.29, 1.82) is 0 Å². The summed E-state index contributed by atoms with van der Waals surface area (Å²) in [4.78, 5) is 0. The van der Waals surface area contributed by atoms with Crippen molar-refractivity contribution < 1.29 is 17.9 Å². The number of allylic oxidation sites excluding steroid dienone is 1. The fourth-order valence-electron chi connectivity index (χ4n) is 2.52. The van der Waals surface area contributed by atoms with Crippen LogP contribution >= 0.6 is 0 Å². The Kier molecular flexibility index (Phi) is 7.44. The van der Waals surface area contributed by atoms with Gasteiger partial charge in [0.2, 0.25) is 0 Å². The zero-order valence-corrected chi connectivity index (χ0v) is 16.0. The van der Waals surface area contributed by atoms with Crippen molar-refractivity contribution in [1.82, 2.24) is 0 Å². The minimum atomic E-state index is -4.27. The standard InChI is InChI=1S/C14H11F3.C10H12O/c1-10-4-2-3-5-13(10)11-6-8-12(9-7-11)14(15,16)17;1-9(2)11-8-10-6-4-3-5-7-10/h2-9H,1H3;3-7H,1,8H2,2H3. The van der Waals surface area contributed by atoms with Crippen molar-refractivity contribution in [3.05, 3.63) is 108 Å². The summed E-state index contributed by atoms with van der Waals surface area (Å²) < 4.78 is 42.4. The van der Waals surface area contributed by atoms with Gasteiger partial charge in [0, 0.05) is 0 Å². The van der Waals surface area contributed by atoms with Gasteiger partial charge in [-0.25, -0.2) is 0 Å². The lowest BCUT2D eigenvalue weighted by atomic mass is 9.99. The Morgan fingerprint density at radius 2 is 1.43 bits per heavy atom. The van der Waals surface area contributed by atoms with E-state index < -0.39 is 11.7 Å². The predicted molar refractivity (Wildman–Crippen MR) is 108 cm³/mol. The highest BCUT2D eigenvalue weighted by Crippen LogP contribution is 2.31. The summed E-state index contributed by atoms with van der Waals surface area (Å²) in [6, 6.07) is 22.9. The minimum Gasteiger partial charge on any atom is -0.494 e. The van der Waals surface area contributed by atoms with Gasteiger partial charge in [0.05, 0.1) is 11.3 Å². The molecule has 0 aliphatic rings. The highest BCUT2D eigenvalue weighted by Gasteiger charge is 2.29. The van der Waals surface area contributed by atoms with Gasteiger partial charge < -0.3 is 4.74 Å². The average molecular weight is 384 g/mol. The molecule has 0 spiro atoms. The number of aryl methyl sites for hydroxylation is 1. The van der Waals surface area contributed by atoms with Crippen LogP contribution in [-0.2, 0) is 17.5 Å². The largest absolute Gasteiger partial charge is 0.494 e. The van der Waals surface area contributed by atoms with Crippen molar-refractivity contribution >= 4 is 0 Å². The highest BCUT2D eigenvalue weighted by atomic mass is 19.4. The number of rotatable bonds is 4. The lowest BCUT2D eigenvalue weighted by molar-refractivity contribution is -0.137. The van der Waals surface area contributed by atoms with Crippen LogP contribution in [0.25, 0.3) is 11.1 Å². The molecule has 0 bridgehead atoms. The Labute approximate surface area is 164 Å². The summed E-state index contributed by atoms with van der Waals surface area (Å²) >= 11 is 0. The fourth-order valence-corrected chi connectivity index (χ4v) is 2.52. The van der Waals surface area contributed by atoms with Crippen LogP contribution in [0.4, 0.5) is 13.2 Å². The topological polar surface area (TPSA) is 9.23 Å². The molecule has 3 aromatic carbocycles. The summed E-state index contributed by atoms with van der Waals surface area (Å²) in [5, 5.41) is 0. The highest BCUT2D eigenvalue weighted by molar-refractivity contribution is 5.67. The first-order chi connectivity index (χ1) is 13.3. The van der Waals surface area contributed by atoms with E-state index in [1.165, 1.54) is 17.7 Å². The summed E-state index contributed by atoms with van der Waals surface area (Å²) in [6.45, 7) is 8.06. The smallest absolute Gasteiger partial charge is 0.416 e. The number of ether oxygens (including phenoxy) is 1. The molecule has 0 N–H and O–H groups in total. The van der Waals surface area contributed by atoms with Gasteiger partial charge in [-0.3, -0.25) is 0 Å². The van der Waals surface area contributed by atoms with E-state index in [1.807, 2.05) is 68.4 Å². The Hall–Kier alpha value is -3.01. The quantitative estimate of drug-likeness (QED) is 0.425. The molecule has 0 atom stereocenters. The van der Waals surface area contributed by atoms with E-state index in [0.29, 0.717) is 6.61 Å². The number of halogens is 3. The van der Waals surface area contributed by atoms with Gasteiger partial charge in [-0.1, -0.05) is 73.3 Å². The third kappa shape index (κ3) is 6.62. The summed E-state index contributed by atoms with van der Waals surface area (Å²) in [5.74, 6) is 0.758. The Balaban J connectivity index is 0.000000221. The van der Waals surface area contributed by atoms with Crippen LogP contribution in [0.15, 0.2) is 91.2 Å². The van der Waals surface area contributed by atoms with Crippen LogP contribution in [0, 0.1) is 6.92 Å². The summed E-state index contributed by atoms with van der Waals surface area (Å²) in [6.07, 6.45) is -4.27. The third-order valence-corrected chi connectivity index (χ3v) is 4.00. The van der Waals surface area contributed by atoms with Crippen molar-refractivity contribution in [2.24, 2.45) is 0 Å². The summed E-state index contributed by atoms with van der Waals surface area (Å²) in [5.41, 5.74) is 3.37. The zero-order chi connectivity index (χ0) is 20.6. The van der Waals surface area contributed by atoms with Gasteiger partial charge in [-0.15, -0.1) is 0 Å². The monoisotopic (exact) mass is 384 g/mol. The van der Waals surface area contributed by atoms with Crippen LogP contribution in [-0.4, -0.2) is 0 Å². The van der Waals surface area contributed by atoms with Crippen molar-refractivity contribution in [2.75, 3.05) is 0 Å². The zero-order valence-electron chi connectivity index (χ0n) is 16.0. The average Bonchev–Trinajstić information content (AvgIpc) is 2.67. The lowest BCUT2D eigenvalue weighted by Gasteiger charge is -2.09. The molecule has 0 heterocycles. The maximum Gasteiger partial charge on any atom is 0.416 e. The predicted octanol–water partition coefficient (Wildman–Crippen LogP) is 7.42. The molecular formula is C24H23F3O. The van der Waals surface area contributed by atoms with Crippen LogP contribution in [0.2, 0.25) is 0 Å². The molecule has 0 aromatic heterocycles. The van der Waals surface area contributed by atoms with E-state index in [9.17, 15) is 13.2 Å². The van der Waals surface area contributed by atoms with Crippen LogP contribution in [0.3, 0.4) is 0 Å². The normalized spacial score (nSPS) is 10.6. The first kappa shape index (κ1) is 21.3. The fraction of sp³-hybridized carbons (Fsp3) is 0.167. The first-order valence-electron chi connectivity index (χ1n) is 8.83. The maximum atomic E-state index is 12.4. The van der Waals surface area contributed by atoms with Crippen LogP contribution < -0.4 is 0 Å². The van der Waals surface area contributed by atoms with Gasteiger partial charge in [-0.2, -0.15) is 13.2 Å². The second-order valence-corrected chi connectivity index (χ2v) is 6.37. The van der Waals surface area contributed by atoms with Crippen LogP contribution in [0.5, 0.6) is 0 Å². The molecule has 0 saturated carbocycles. The van der Waals surface area contributed by atoms with Gasteiger partial charge in [0.25, 0.3) is 0 Å².